The molecule has 0 radical (unpaired) electrons. The number of pyridine rings is 1. The molecule has 0 aliphatic rings. The zero-order chi connectivity index (χ0) is 11.3. The normalized spacial score (nSPS) is 11.9. The number of nitrogens with zero attached hydrogens (tertiary/aromatic N) is 3. The second kappa shape index (κ2) is 5.72. The van der Waals surface area contributed by atoms with Gasteiger partial charge in [-0.15, -0.1) is 0 Å². The van der Waals surface area contributed by atoms with Gasteiger partial charge in [0.05, 0.1) is 22.1 Å². The van der Waals surface area contributed by atoms with E-state index in [0.29, 0.717) is 0 Å². The lowest BCUT2D eigenvalue weighted by Gasteiger charge is -2.24. The number of aromatic nitrogens is 1. The predicted molar refractivity (Wildman–Crippen MR) is 64.6 cm³/mol. The van der Waals surface area contributed by atoms with Gasteiger partial charge in [-0.25, -0.2) is 0 Å². The number of anilines is 1. The average Bonchev–Trinajstić information content (AvgIpc) is 2.26. The molecular formula is C11H14BrN3. The van der Waals surface area contributed by atoms with Crippen molar-refractivity contribution in [3.8, 4) is 6.07 Å². The summed E-state index contributed by atoms with van der Waals surface area (Å²) in [5, 5.41) is 8.79. The minimum atomic E-state index is 0.0324. The molecule has 0 saturated carbocycles. The maximum Gasteiger partial charge on any atom is 0.0671 e. The fourth-order valence-electron chi connectivity index (χ4n) is 1.39. The molecule has 80 valence electrons. The summed E-state index contributed by atoms with van der Waals surface area (Å²) >= 11 is 3.46. The molecule has 1 heterocycles. The number of halogens is 1. The predicted octanol–water partition coefficient (Wildman–Crippen LogP) is 2.83. The van der Waals surface area contributed by atoms with E-state index in [2.05, 4.69) is 38.8 Å². The first kappa shape index (κ1) is 12.0. The summed E-state index contributed by atoms with van der Waals surface area (Å²) in [7, 11) is 0. The van der Waals surface area contributed by atoms with Gasteiger partial charge >= 0.3 is 0 Å². The van der Waals surface area contributed by atoms with Crippen LogP contribution < -0.4 is 4.90 Å². The molecule has 3 nitrogen and oxygen atoms in total. The van der Waals surface area contributed by atoms with Crippen LogP contribution in [0.5, 0.6) is 0 Å². The molecule has 0 amide bonds. The van der Waals surface area contributed by atoms with E-state index in [1.54, 1.807) is 12.4 Å². The van der Waals surface area contributed by atoms with Crippen LogP contribution in [0, 0.1) is 17.2 Å². The lowest BCUT2D eigenvalue weighted by molar-refractivity contribution is 0.685. The van der Waals surface area contributed by atoms with Gasteiger partial charge in [-0.2, -0.15) is 5.26 Å². The average molecular weight is 268 g/mol. The molecule has 0 aliphatic carbocycles. The Morgan fingerprint density at radius 3 is 2.93 bits per heavy atom. The van der Waals surface area contributed by atoms with Crippen LogP contribution in [0.2, 0.25) is 0 Å². The van der Waals surface area contributed by atoms with Gasteiger partial charge in [0.15, 0.2) is 0 Å². The first-order valence-electron chi connectivity index (χ1n) is 4.93. The highest BCUT2D eigenvalue weighted by Gasteiger charge is 2.11. The van der Waals surface area contributed by atoms with Gasteiger partial charge in [0.2, 0.25) is 0 Å². The van der Waals surface area contributed by atoms with Crippen LogP contribution in [0.1, 0.15) is 13.8 Å². The summed E-state index contributed by atoms with van der Waals surface area (Å²) in [6.07, 6.45) is 3.54. The molecule has 1 aromatic rings. The Hall–Kier alpha value is -1.08. The SMILES string of the molecule is CCN(CC(C)C#N)c1ccncc1Br. The molecule has 0 aliphatic heterocycles. The number of hydrogen-bond donors (Lipinski definition) is 0. The molecule has 0 saturated heterocycles. The van der Waals surface area contributed by atoms with E-state index < -0.39 is 0 Å². The van der Waals surface area contributed by atoms with Crippen LogP contribution in [-0.4, -0.2) is 18.1 Å². The fraction of sp³-hybridized carbons (Fsp3) is 0.455. The van der Waals surface area contributed by atoms with E-state index in [1.807, 2.05) is 13.0 Å². The number of nitriles is 1. The Morgan fingerprint density at radius 1 is 1.67 bits per heavy atom. The van der Waals surface area contributed by atoms with Gasteiger partial charge in [-0.3, -0.25) is 4.98 Å². The van der Waals surface area contributed by atoms with Crippen LogP contribution in [0.25, 0.3) is 0 Å². The second-order valence-corrected chi connectivity index (χ2v) is 4.25. The molecule has 1 rings (SSSR count). The molecule has 0 fully saturated rings. The fourth-order valence-corrected chi connectivity index (χ4v) is 1.89. The van der Waals surface area contributed by atoms with Crippen molar-refractivity contribution in [2.24, 2.45) is 5.92 Å². The largest absolute Gasteiger partial charge is 0.370 e. The molecule has 15 heavy (non-hydrogen) atoms. The molecule has 1 unspecified atom stereocenters. The lowest BCUT2D eigenvalue weighted by Crippen LogP contribution is -2.28. The Kier molecular flexibility index (Phi) is 4.57. The Labute approximate surface area is 98.9 Å². The topological polar surface area (TPSA) is 39.9 Å². The first-order valence-corrected chi connectivity index (χ1v) is 5.72. The van der Waals surface area contributed by atoms with E-state index in [9.17, 15) is 0 Å². The standard InChI is InChI=1S/C11H14BrN3/c1-3-15(8-9(2)6-13)11-4-5-14-7-10(11)12/h4-5,7,9H,3,8H2,1-2H3. The molecule has 4 heteroatoms. The Bertz CT molecular complexity index is 359. The van der Waals surface area contributed by atoms with Crippen molar-refractivity contribution in [1.82, 2.24) is 4.98 Å². The number of rotatable bonds is 4. The maximum absolute atomic E-state index is 8.79. The Balaban J connectivity index is 2.84. The third-order valence-corrected chi connectivity index (χ3v) is 2.80. The zero-order valence-corrected chi connectivity index (χ0v) is 10.5. The monoisotopic (exact) mass is 267 g/mol. The van der Waals surface area contributed by atoms with E-state index in [-0.39, 0.29) is 5.92 Å². The lowest BCUT2D eigenvalue weighted by atomic mass is 10.2. The summed E-state index contributed by atoms with van der Waals surface area (Å²) in [6.45, 7) is 5.64. The van der Waals surface area contributed by atoms with Crippen molar-refractivity contribution < 1.29 is 0 Å². The highest BCUT2D eigenvalue weighted by atomic mass is 79.9. The summed E-state index contributed by atoms with van der Waals surface area (Å²) in [5.41, 5.74) is 1.09. The number of hydrogen-bond acceptors (Lipinski definition) is 3. The van der Waals surface area contributed by atoms with E-state index in [0.717, 1.165) is 23.2 Å². The van der Waals surface area contributed by atoms with Crippen molar-refractivity contribution in [1.29, 1.82) is 5.26 Å². The molecule has 1 atom stereocenters. The zero-order valence-electron chi connectivity index (χ0n) is 8.94. The molecule has 0 bridgehead atoms. The van der Waals surface area contributed by atoms with Gasteiger partial charge in [-0.1, -0.05) is 0 Å². The van der Waals surface area contributed by atoms with Crippen molar-refractivity contribution in [2.75, 3.05) is 18.0 Å². The quantitative estimate of drug-likeness (QED) is 0.843. The van der Waals surface area contributed by atoms with Crippen LogP contribution >= 0.6 is 15.9 Å². The van der Waals surface area contributed by atoms with Gasteiger partial charge in [0, 0.05) is 25.5 Å². The minimum Gasteiger partial charge on any atom is -0.370 e. The summed E-state index contributed by atoms with van der Waals surface area (Å²) in [4.78, 5) is 6.19. The van der Waals surface area contributed by atoms with Crippen LogP contribution in [-0.2, 0) is 0 Å². The van der Waals surface area contributed by atoms with Crippen molar-refractivity contribution in [2.45, 2.75) is 13.8 Å². The van der Waals surface area contributed by atoms with E-state index >= 15 is 0 Å². The van der Waals surface area contributed by atoms with Gasteiger partial charge in [0.25, 0.3) is 0 Å². The first-order chi connectivity index (χ1) is 7.19. The van der Waals surface area contributed by atoms with Crippen LogP contribution in [0.15, 0.2) is 22.9 Å². The third kappa shape index (κ3) is 3.21. The van der Waals surface area contributed by atoms with Crippen molar-refractivity contribution in [3.63, 3.8) is 0 Å². The molecule has 1 aromatic heterocycles. The van der Waals surface area contributed by atoms with Crippen molar-refractivity contribution >= 4 is 21.6 Å². The highest BCUT2D eigenvalue weighted by Crippen LogP contribution is 2.25. The van der Waals surface area contributed by atoms with Crippen LogP contribution in [0.3, 0.4) is 0 Å². The van der Waals surface area contributed by atoms with E-state index in [1.165, 1.54) is 0 Å². The van der Waals surface area contributed by atoms with Gasteiger partial charge < -0.3 is 4.90 Å². The molecular weight excluding hydrogens is 254 g/mol. The van der Waals surface area contributed by atoms with E-state index in [4.69, 9.17) is 5.26 Å². The highest BCUT2D eigenvalue weighted by molar-refractivity contribution is 9.10. The molecule has 0 spiro atoms. The molecule has 0 N–H and O–H groups in total. The smallest absolute Gasteiger partial charge is 0.0671 e. The summed E-state index contributed by atoms with van der Waals surface area (Å²) in [5.74, 6) is 0.0324. The minimum absolute atomic E-state index is 0.0324. The van der Waals surface area contributed by atoms with Gasteiger partial charge in [0.1, 0.15) is 0 Å². The van der Waals surface area contributed by atoms with Crippen LogP contribution in [0.4, 0.5) is 5.69 Å². The third-order valence-electron chi connectivity index (χ3n) is 2.19. The van der Waals surface area contributed by atoms with Gasteiger partial charge in [-0.05, 0) is 35.8 Å². The maximum atomic E-state index is 8.79. The summed E-state index contributed by atoms with van der Waals surface area (Å²) in [6, 6.07) is 4.20. The summed E-state index contributed by atoms with van der Waals surface area (Å²) < 4.78 is 0.969. The second-order valence-electron chi connectivity index (χ2n) is 3.40. The Morgan fingerprint density at radius 2 is 2.40 bits per heavy atom. The molecule has 0 aromatic carbocycles. The van der Waals surface area contributed by atoms with Crippen molar-refractivity contribution in [3.05, 3.63) is 22.9 Å².